The minimum atomic E-state index is -0.153. The highest BCUT2D eigenvalue weighted by atomic mass is 35.5. The number of amides is 1. The number of carbonyl (C=O) groups excluding carboxylic acids is 1. The Morgan fingerprint density at radius 1 is 1.33 bits per heavy atom. The zero-order chi connectivity index (χ0) is 12.5. The van der Waals surface area contributed by atoms with Crippen molar-refractivity contribution in [1.82, 2.24) is 10.2 Å². The maximum Gasteiger partial charge on any atom is 0.287 e. The summed E-state index contributed by atoms with van der Waals surface area (Å²) >= 11 is 5.68. The van der Waals surface area contributed by atoms with Crippen LogP contribution in [0.25, 0.3) is 0 Å². The Morgan fingerprint density at radius 2 is 2.22 bits per heavy atom. The van der Waals surface area contributed by atoms with E-state index < -0.39 is 0 Å². The molecule has 0 aliphatic carbocycles. The highest BCUT2D eigenvalue weighted by Crippen LogP contribution is 2.27. The first-order valence-corrected chi connectivity index (χ1v) is 6.92. The molecule has 5 heteroatoms. The number of nitrogens with one attached hydrogen (secondary N) is 1. The molecule has 1 amide bonds. The molecule has 1 N–H and O–H groups in total. The molecule has 0 saturated carbocycles. The lowest BCUT2D eigenvalue weighted by Gasteiger charge is -2.32. The van der Waals surface area contributed by atoms with Gasteiger partial charge < -0.3 is 9.73 Å². The van der Waals surface area contributed by atoms with Gasteiger partial charge in [0.05, 0.1) is 0 Å². The number of halogens is 1. The van der Waals surface area contributed by atoms with Crippen LogP contribution in [0.15, 0.2) is 16.5 Å². The Labute approximate surface area is 111 Å². The number of hydrogen-bond acceptors (Lipinski definition) is 3. The molecule has 98 valence electrons. The second-order valence-electron chi connectivity index (χ2n) is 5.07. The van der Waals surface area contributed by atoms with Crippen LogP contribution < -0.4 is 5.32 Å². The van der Waals surface area contributed by atoms with Crippen molar-refractivity contribution in [1.29, 1.82) is 0 Å². The molecule has 1 aromatic heterocycles. The van der Waals surface area contributed by atoms with E-state index in [2.05, 4.69) is 10.2 Å². The van der Waals surface area contributed by atoms with E-state index in [4.69, 9.17) is 16.0 Å². The summed E-state index contributed by atoms with van der Waals surface area (Å²) in [5.74, 6) is 0.147. The molecule has 2 aliphatic heterocycles. The van der Waals surface area contributed by atoms with Crippen molar-refractivity contribution in [3.05, 3.63) is 23.1 Å². The molecule has 3 heterocycles. The Kier molecular flexibility index (Phi) is 3.31. The topological polar surface area (TPSA) is 45.5 Å². The lowest BCUT2D eigenvalue weighted by Crippen LogP contribution is -2.46. The van der Waals surface area contributed by atoms with E-state index in [1.54, 1.807) is 12.1 Å². The largest absolute Gasteiger partial charge is 0.440 e. The third-order valence-electron chi connectivity index (χ3n) is 3.97. The fraction of sp³-hybridized carbons (Fsp3) is 0.615. The molecule has 0 unspecified atom stereocenters. The maximum absolute atomic E-state index is 12.0. The monoisotopic (exact) mass is 268 g/mol. The van der Waals surface area contributed by atoms with Gasteiger partial charge in [-0.05, 0) is 49.5 Å². The Hall–Kier alpha value is -1.00. The summed E-state index contributed by atoms with van der Waals surface area (Å²) in [6, 6.07) is 3.97. The van der Waals surface area contributed by atoms with Gasteiger partial charge in [0.1, 0.15) is 0 Å². The molecule has 0 spiro atoms. The van der Waals surface area contributed by atoms with Crippen LogP contribution in [0.5, 0.6) is 0 Å². The van der Waals surface area contributed by atoms with Crippen LogP contribution in [-0.2, 0) is 0 Å². The fourth-order valence-corrected chi connectivity index (χ4v) is 3.24. The van der Waals surface area contributed by atoms with E-state index in [0.717, 1.165) is 13.0 Å². The molecule has 0 bridgehead atoms. The van der Waals surface area contributed by atoms with Crippen LogP contribution in [0.3, 0.4) is 0 Å². The summed E-state index contributed by atoms with van der Waals surface area (Å²) in [7, 11) is 0. The quantitative estimate of drug-likeness (QED) is 0.895. The van der Waals surface area contributed by atoms with Crippen molar-refractivity contribution in [2.24, 2.45) is 0 Å². The minimum absolute atomic E-state index is 0.153. The van der Waals surface area contributed by atoms with Crippen LogP contribution in [0.4, 0.5) is 0 Å². The standard InChI is InChI=1S/C13H17ClN2O2/c14-12-5-4-11(18-12)13(17)15-9-6-8-16-7-2-1-3-10(9)16/h4-5,9-10H,1-3,6-8H2,(H,15,17)/t9-,10+/m0/s1. The number of rotatable bonds is 2. The predicted octanol–water partition coefficient (Wildman–Crippen LogP) is 2.29. The number of carbonyl (C=O) groups is 1. The van der Waals surface area contributed by atoms with Crippen molar-refractivity contribution < 1.29 is 9.21 Å². The van der Waals surface area contributed by atoms with Gasteiger partial charge in [0.15, 0.2) is 11.0 Å². The van der Waals surface area contributed by atoms with Crippen LogP contribution in [-0.4, -0.2) is 36.0 Å². The van der Waals surface area contributed by atoms with Gasteiger partial charge in [0.25, 0.3) is 5.91 Å². The third kappa shape index (κ3) is 2.27. The zero-order valence-electron chi connectivity index (χ0n) is 10.2. The highest BCUT2D eigenvalue weighted by Gasteiger charge is 2.36. The Balaban J connectivity index is 1.64. The SMILES string of the molecule is O=C(N[C@H]1CCN2CCCC[C@H]12)c1ccc(Cl)o1. The van der Waals surface area contributed by atoms with Crippen LogP contribution in [0.2, 0.25) is 5.22 Å². The van der Waals surface area contributed by atoms with Gasteiger partial charge in [-0.25, -0.2) is 0 Å². The van der Waals surface area contributed by atoms with E-state index in [-0.39, 0.29) is 17.2 Å². The minimum Gasteiger partial charge on any atom is -0.440 e. The zero-order valence-corrected chi connectivity index (χ0v) is 10.9. The van der Waals surface area contributed by atoms with E-state index in [0.29, 0.717) is 11.8 Å². The van der Waals surface area contributed by atoms with Crippen molar-refractivity contribution in [2.75, 3.05) is 13.1 Å². The maximum atomic E-state index is 12.0. The first kappa shape index (κ1) is 12.1. The molecule has 0 radical (unpaired) electrons. The van der Waals surface area contributed by atoms with E-state index in [1.807, 2.05) is 0 Å². The average molecular weight is 269 g/mol. The second-order valence-corrected chi connectivity index (χ2v) is 5.44. The molecule has 2 aliphatic rings. The molecule has 4 nitrogen and oxygen atoms in total. The molecule has 2 saturated heterocycles. The van der Waals surface area contributed by atoms with Gasteiger partial charge in [0.2, 0.25) is 0 Å². The van der Waals surface area contributed by atoms with Crippen molar-refractivity contribution >= 4 is 17.5 Å². The van der Waals surface area contributed by atoms with Gasteiger partial charge in [-0.2, -0.15) is 0 Å². The predicted molar refractivity (Wildman–Crippen MR) is 68.8 cm³/mol. The smallest absolute Gasteiger partial charge is 0.287 e. The van der Waals surface area contributed by atoms with Gasteiger partial charge in [-0.1, -0.05) is 6.42 Å². The van der Waals surface area contributed by atoms with E-state index >= 15 is 0 Å². The number of nitrogens with zero attached hydrogens (tertiary/aromatic N) is 1. The molecular weight excluding hydrogens is 252 g/mol. The van der Waals surface area contributed by atoms with Crippen LogP contribution >= 0.6 is 11.6 Å². The number of furan rings is 1. The Morgan fingerprint density at radius 3 is 3.00 bits per heavy atom. The lowest BCUT2D eigenvalue weighted by molar-refractivity contribution is 0.0887. The molecule has 2 fully saturated rings. The molecular formula is C13H17ClN2O2. The van der Waals surface area contributed by atoms with Crippen LogP contribution in [0.1, 0.15) is 36.2 Å². The molecule has 2 atom stereocenters. The summed E-state index contributed by atoms with van der Waals surface area (Å²) in [5.41, 5.74) is 0. The third-order valence-corrected chi connectivity index (χ3v) is 4.17. The second kappa shape index (κ2) is 4.94. The summed E-state index contributed by atoms with van der Waals surface area (Å²) in [6.45, 7) is 2.26. The van der Waals surface area contributed by atoms with Gasteiger partial charge in [0, 0.05) is 18.6 Å². The number of piperidine rings is 1. The average Bonchev–Trinajstić information content (AvgIpc) is 2.97. The molecule has 18 heavy (non-hydrogen) atoms. The first-order chi connectivity index (χ1) is 8.74. The van der Waals surface area contributed by atoms with Crippen molar-refractivity contribution in [3.8, 4) is 0 Å². The van der Waals surface area contributed by atoms with Gasteiger partial charge in [-0.15, -0.1) is 0 Å². The van der Waals surface area contributed by atoms with Gasteiger partial charge >= 0.3 is 0 Å². The lowest BCUT2D eigenvalue weighted by atomic mass is 9.99. The van der Waals surface area contributed by atoms with Gasteiger partial charge in [-0.3, -0.25) is 9.69 Å². The summed E-state index contributed by atoms with van der Waals surface area (Å²) in [6.07, 6.45) is 4.76. The summed E-state index contributed by atoms with van der Waals surface area (Å²) in [4.78, 5) is 14.5. The summed E-state index contributed by atoms with van der Waals surface area (Å²) in [5, 5.41) is 3.33. The molecule has 0 aromatic carbocycles. The van der Waals surface area contributed by atoms with E-state index in [1.165, 1.54) is 25.8 Å². The van der Waals surface area contributed by atoms with Crippen LogP contribution in [0, 0.1) is 0 Å². The Bertz CT molecular complexity index is 446. The molecule has 3 rings (SSSR count). The van der Waals surface area contributed by atoms with Crippen molar-refractivity contribution in [2.45, 2.75) is 37.8 Å². The number of hydrogen-bond donors (Lipinski definition) is 1. The fourth-order valence-electron chi connectivity index (χ4n) is 3.09. The summed E-state index contributed by atoms with van der Waals surface area (Å²) < 4.78 is 5.13. The first-order valence-electron chi connectivity index (χ1n) is 6.54. The normalized spacial score (nSPS) is 28.1. The number of fused-ring (bicyclic) bond motifs is 1. The molecule has 1 aromatic rings. The van der Waals surface area contributed by atoms with E-state index in [9.17, 15) is 4.79 Å². The highest BCUT2D eigenvalue weighted by molar-refractivity contribution is 6.29. The van der Waals surface area contributed by atoms with Crippen molar-refractivity contribution in [3.63, 3.8) is 0 Å².